The smallest absolute Gasteiger partial charge is 0.311 e. The fraction of sp³-hybridized carbons (Fsp3) is 0.923. The molecule has 0 bridgehead atoms. The third-order valence-corrected chi connectivity index (χ3v) is 4.16. The van der Waals surface area contributed by atoms with E-state index in [-0.39, 0.29) is 29.9 Å². The van der Waals surface area contributed by atoms with Gasteiger partial charge >= 0.3 is 5.97 Å². The minimum absolute atomic E-state index is 0.181. The van der Waals surface area contributed by atoms with E-state index >= 15 is 0 Å². The van der Waals surface area contributed by atoms with Crippen LogP contribution in [0.4, 0.5) is 0 Å². The van der Waals surface area contributed by atoms with Crippen molar-refractivity contribution in [2.75, 3.05) is 6.61 Å². The molecule has 106 valence electrons. The molecule has 0 spiro atoms. The molecule has 5 nitrogen and oxygen atoms in total. The molecule has 0 aromatic heterocycles. The van der Waals surface area contributed by atoms with E-state index in [1.807, 2.05) is 6.92 Å². The molecule has 0 amide bonds. The van der Waals surface area contributed by atoms with Crippen molar-refractivity contribution in [2.45, 2.75) is 51.8 Å². The molecule has 5 heteroatoms. The average Bonchev–Trinajstić information content (AvgIpc) is 2.63. The van der Waals surface area contributed by atoms with Gasteiger partial charge in [0.2, 0.25) is 0 Å². The van der Waals surface area contributed by atoms with Gasteiger partial charge in [0.05, 0.1) is 18.6 Å². The SMILES string of the molecule is CCOC(=O)C1CC(N)C(C(N)C(C)CC)C1O. The molecule has 1 aliphatic carbocycles. The van der Waals surface area contributed by atoms with Crippen molar-refractivity contribution in [3.63, 3.8) is 0 Å². The lowest BCUT2D eigenvalue weighted by Crippen LogP contribution is -2.48. The summed E-state index contributed by atoms with van der Waals surface area (Å²) >= 11 is 0. The van der Waals surface area contributed by atoms with E-state index in [4.69, 9.17) is 16.2 Å². The van der Waals surface area contributed by atoms with Gasteiger partial charge in [0.1, 0.15) is 0 Å². The predicted molar refractivity (Wildman–Crippen MR) is 69.6 cm³/mol. The van der Waals surface area contributed by atoms with Gasteiger partial charge in [-0.2, -0.15) is 0 Å². The van der Waals surface area contributed by atoms with Crippen LogP contribution in [0.2, 0.25) is 0 Å². The highest BCUT2D eigenvalue weighted by Gasteiger charge is 2.48. The Morgan fingerprint density at radius 2 is 2.11 bits per heavy atom. The molecule has 5 N–H and O–H groups in total. The number of aliphatic hydroxyl groups excluding tert-OH is 1. The van der Waals surface area contributed by atoms with Crippen molar-refractivity contribution in [3.05, 3.63) is 0 Å². The maximum Gasteiger partial charge on any atom is 0.311 e. The van der Waals surface area contributed by atoms with Crippen LogP contribution in [0, 0.1) is 17.8 Å². The zero-order valence-corrected chi connectivity index (χ0v) is 11.5. The van der Waals surface area contributed by atoms with Crippen molar-refractivity contribution in [3.8, 4) is 0 Å². The van der Waals surface area contributed by atoms with E-state index in [9.17, 15) is 9.90 Å². The van der Waals surface area contributed by atoms with Crippen LogP contribution in [0.5, 0.6) is 0 Å². The second-order valence-corrected chi connectivity index (χ2v) is 5.29. The summed E-state index contributed by atoms with van der Waals surface area (Å²) in [6.45, 7) is 6.17. The fourth-order valence-electron chi connectivity index (χ4n) is 2.76. The molecule has 1 fully saturated rings. The molecule has 0 aliphatic heterocycles. The summed E-state index contributed by atoms with van der Waals surface area (Å²) < 4.78 is 4.96. The molecule has 0 aromatic carbocycles. The van der Waals surface area contributed by atoms with Gasteiger partial charge in [0.25, 0.3) is 0 Å². The third kappa shape index (κ3) is 3.02. The third-order valence-electron chi connectivity index (χ3n) is 4.16. The van der Waals surface area contributed by atoms with Crippen LogP contribution in [0.1, 0.15) is 33.6 Å². The van der Waals surface area contributed by atoms with Gasteiger partial charge in [-0.05, 0) is 19.3 Å². The molecule has 6 unspecified atom stereocenters. The van der Waals surface area contributed by atoms with Gasteiger partial charge < -0.3 is 21.3 Å². The maximum absolute atomic E-state index is 11.7. The second kappa shape index (κ2) is 6.50. The van der Waals surface area contributed by atoms with E-state index in [0.717, 1.165) is 6.42 Å². The fourth-order valence-corrected chi connectivity index (χ4v) is 2.76. The molecule has 1 rings (SSSR count). The number of hydrogen-bond acceptors (Lipinski definition) is 5. The Bertz CT molecular complexity index is 285. The normalized spacial score (nSPS) is 35.2. The summed E-state index contributed by atoms with van der Waals surface area (Å²) in [5, 5.41) is 10.3. The van der Waals surface area contributed by atoms with Crippen LogP contribution in [0.3, 0.4) is 0 Å². The Balaban J connectivity index is 2.74. The lowest BCUT2D eigenvalue weighted by molar-refractivity contribution is -0.151. The summed E-state index contributed by atoms with van der Waals surface area (Å²) in [6, 6.07) is -0.419. The van der Waals surface area contributed by atoms with Gasteiger partial charge in [0.15, 0.2) is 0 Å². The van der Waals surface area contributed by atoms with Gasteiger partial charge in [-0.25, -0.2) is 0 Å². The van der Waals surface area contributed by atoms with Crippen molar-refractivity contribution in [2.24, 2.45) is 29.2 Å². The molecule has 0 saturated heterocycles. The van der Waals surface area contributed by atoms with Gasteiger partial charge in [-0.1, -0.05) is 20.3 Å². The van der Waals surface area contributed by atoms with Crippen LogP contribution >= 0.6 is 0 Å². The summed E-state index contributed by atoms with van der Waals surface area (Å²) in [6.07, 6.45) is 0.596. The van der Waals surface area contributed by atoms with Gasteiger partial charge in [-0.3, -0.25) is 4.79 Å². The number of carbonyl (C=O) groups excluding carboxylic acids is 1. The molecular formula is C13H26N2O3. The van der Waals surface area contributed by atoms with E-state index < -0.39 is 12.0 Å². The largest absolute Gasteiger partial charge is 0.466 e. The zero-order valence-electron chi connectivity index (χ0n) is 11.5. The quantitative estimate of drug-likeness (QED) is 0.614. The topological polar surface area (TPSA) is 98.6 Å². The Morgan fingerprint density at radius 1 is 1.50 bits per heavy atom. The van der Waals surface area contributed by atoms with E-state index in [2.05, 4.69) is 6.92 Å². The number of nitrogens with two attached hydrogens (primary N) is 2. The van der Waals surface area contributed by atoms with Crippen LogP contribution in [-0.4, -0.2) is 35.9 Å². The first-order chi connectivity index (χ1) is 8.43. The summed E-state index contributed by atoms with van der Waals surface area (Å²) in [7, 11) is 0. The molecular weight excluding hydrogens is 232 g/mol. The lowest BCUT2D eigenvalue weighted by atomic mass is 9.83. The number of esters is 1. The van der Waals surface area contributed by atoms with Crippen LogP contribution in [-0.2, 0) is 9.53 Å². The first-order valence-corrected chi connectivity index (χ1v) is 6.79. The molecule has 0 aromatic rings. The minimum atomic E-state index is -0.789. The number of ether oxygens (including phenoxy) is 1. The Morgan fingerprint density at radius 3 is 2.61 bits per heavy atom. The van der Waals surface area contributed by atoms with Gasteiger partial charge in [-0.15, -0.1) is 0 Å². The lowest BCUT2D eigenvalue weighted by Gasteiger charge is -2.30. The molecule has 0 radical (unpaired) electrons. The standard InChI is InChI=1S/C13H26N2O3/c1-4-7(3)11(15)10-9(14)6-8(12(10)16)13(17)18-5-2/h7-12,16H,4-6,14-15H2,1-3H3. The van der Waals surface area contributed by atoms with E-state index in [1.165, 1.54) is 0 Å². The molecule has 18 heavy (non-hydrogen) atoms. The van der Waals surface area contributed by atoms with Crippen molar-refractivity contribution in [1.29, 1.82) is 0 Å². The predicted octanol–water partition coefficient (Wildman–Crippen LogP) is 0.247. The van der Waals surface area contributed by atoms with E-state index in [0.29, 0.717) is 13.0 Å². The summed E-state index contributed by atoms with van der Waals surface area (Å²) in [4.78, 5) is 11.7. The van der Waals surface area contributed by atoms with Crippen LogP contribution in [0.25, 0.3) is 0 Å². The van der Waals surface area contributed by atoms with Crippen molar-refractivity contribution < 1.29 is 14.6 Å². The zero-order chi connectivity index (χ0) is 13.9. The minimum Gasteiger partial charge on any atom is -0.466 e. The Kier molecular flexibility index (Phi) is 5.56. The number of aliphatic hydroxyl groups is 1. The molecule has 1 saturated carbocycles. The second-order valence-electron chi connectivity index (χ2n) is 5.29. The highest BCUT2D eigenvalue weighted by molar-refractivity contribution is 5.73. The highest BCUT2D eigenvalue weighted by Crippen LogP contribution is 2.35. The Labute approximate surface area is 109 Å². The number of carbonyl (C=O) groups is 1. The monoisotopic (exact) mass is 258 g/mol. The van der Waals surface area contributed by atoms with Crippen molar-refractivity contribution in [1.82, 2.24) is 0 Å². The van der Waals surface area contributed by atoms with Crippen LogP contribution < -0.4 is 11.5 Å². The first-order valence-electron chi connectivity index (χ1n) is 6.79. The average molecular weight is 258 g/mol. The maximum atomic E-state index is 11.7. The summed E-state index contributed by atoms with van der Waals surface area (Å²) in [5.41, 5.74) is 12.2. The molecule has 0 heterocycles. The highest BCUT2D eigenvalue weighted by atomic mass is 16.5. The number of rotatable bonds is 5. The molecule has 1 aliphatic rings. The van der Waals surface area contributed by atoms with Crippen molar-refractivity contribution >= 4 is 5.97 Å². The Hall–Kier alpha value is -0.650. The van der Waals surface area contributed by atoms with Gasteiger partial charge in [0, 0.05) is 18.0 Å². The van der Waals surface area contributed by atoms with Crippen LogP contribution in [0.15, 0.2) is 0 Å². The summed E-state index contributed by atoms with van der Waals surface area (Å²) in [5.74, 6) is -0.842. The first kappa shape index (κ1) is 15.4. The number of hydrogen-bond donors (Lipinski definition) is 3. The molecule has 6 atom stereocenters. The van der Waals surface area contributed by atoms with E-state index in [1.54, 1.807) is 6.92 Å².